The van der Waals surface area contributed by atoms with Crippen LogP contribution in [-0.4, -0.2) is 17.0 Å². The van der Waals surface area contributed by atoms with Crippen molar-refractivity contribution in [1.29, 1.82) is 0 Å². The fourth-order valence-corrected chi connectivity index (χ4v) is 1.73. The van der Waals surface area contributed by atoms with E-state index in [2.05, 4.69) is 4.98 Å². The Morgan fingerprint density at radius 2 is 2.17 bits per heavy atom. The molecule has 3 heteroatoms. The number of rotatable bonds is 1. The highest BCUT2D eigenvalue weighted by Crippen LogP contribution is 2.32. The zero-order valence-corrected chi connectivity index (χ0v) is 7.37. The maximum absolute atomic E-state index is 6.07. The maximum Gasteiger partial charge on any atom is 0.0990 e. The van der Waals surface area contributed by atoms with E-state index in [1.807, 2.05) is 12.1 Å². The van der Waals surface area contributed by atoms with Gasteiger partial charge in [-0.3, -0.25) is 4.98 Å². The normalized spacial score (nSPS) is 29.1. The Morgan fingerprint density at radius 1 is 1.42 bits per heavy atom. The van der Waals surface area contributed by atoms with Crippen LogP contribution in [0.4, 0.5) is 0 Å². The number of pyridine rings is 1. The number of halogens is 1. The van der Waals surface area contributed by atoms with Crippen LogP contribution in [-0.2, 0) is 4.74 Å². The molecule has 1 fully saturated rings. The predicted molar refractivity (Wildman–Crippen MR) is 47.2 cm³/mol. The van der Waals surface area contributed by atoms with Crippen molar-refractivity contribution in [3.05, 3.63) is 30.1 Å². The molecule has 0 saturated carbocycles. The lowest BCUT2D eigenvalue weighted by Gasteiger charge is -2.12. The van der Waals surface area contributed by atoms with Gasteiger partial charge in [0, 0.05) is 19.0 Å². The molecule has 2 atom stereocenters. The summed E-state index contributed by atoms with van der Waals surface area (Å²) in [6, 6.07) is 3.90. The Labute approximate surface area is 76.5 Å². The lowest BCUT2D eigenvalue weighted by molar-refractivity contribution is 0.113. The standard InChI is InChI=1S/C9H10ClNO/c10-8-3-6-12-9(8)7-1-4-11-5-2-7/h1-2,4-5,8-9H,3,6H2/t8-,9+/m0/s1. The quantitative estimate of drug-likeness (QED) is 0.623. The Kier molecular flexibility index (Phi) is 2.28. The van der Waals surface area contributed by atoms with E-state index < -0.39 is 0 Å². The van der Waals surface area contributed by atoms with Crippen molar-refractivity contribution in [3.8, 4) is 0 Å². The van der Waals surface area contributed by atoms with Gasteiger partial charge in [-0.2, -0.15) is 0 Å². The smallest absolute Gasteiger partial charge is 0.0990 e. The molecule has 2 heterocycles. The van der Waals surface area contributed by atoms with E-state index in [0.29, 0.717) is 0 Å². The molecule has 1 aromatic heterocycles. The van der Waals surface area contributed by atoms with E-state index in [4.69, 9.17) is 16.3 Å². The van der Waals surface area contributed by atoms with E-state index in [1.54, 1.807) is 12.4 Å². The number of hydrogen-bond acceptors (Lipinski definition) is 2. The summed E-state index contributed by atoms with van der Waals surface area (Å²) in [7, 11) is 0. The van der Waals surface area contributed by atoms with Crippen LogP contribution in [0.25, 0.3) is 0 Å². The largest absolute Gasteiger partial charge is 0.372 e. The van der Waals surface area contributed by atoms with Crippen LogP contribution in [0, 0.1) is 0 Å². The summed E-state index contributed by atoms with van der Waals surface area (Å²) in [5.41, 5.74) is 1.13. The molecule has 0 spiro atoms. The van der Waals surface area contributed by atoms with Gasteiger partial charge >= 0.3 is 0 Å². The third-order valence-corrected chi connectivity index (χ3v) is 2.50. The number of nitrogens with zero attached hydrogens (tertiary/aromatic N) is 1. The first kappa shape index (κ1) is 8.02. The SMILES string of the molecule is Cl[C@H]1CCO[C@@H]1c1ccncc1. The zero-order valence-electron chi connectivity index (χ0n) is 6.61. The summed E-state index contributed by atoms with van der Waals surface area (Å²) in [6.07, 6.45) is 4.53. The zero-order chi connectivity index (χ0) is 8.39. The number of ether oxygens (including phenoxy) is 1. The summed E-state index contributed by atoms with van der Waals surface area (Å²) in [4.78, 5) is 3.94. The molecule has 12 heavy (non-hydrogen) atoms. The van der Waals surface area contributed by atoms with E-state index in [-0.39, 0.29) is 11.5 Å². The van der Waals surface area contributed by atoms with Crippen LogP contribution in [0.15, 0.2) is 24.5 Å². The fourth-order valence-electron chi connectivity index (χ4n) is 1.42. The van der Waals surface area contributed by atoms with Gasteiger partial charge in [0.05, 0.1) is 11.5 Å². The van der Waals surface area contributed by atoms with Gasteiger partial charge in [-0.25, -0.2) is 0 Å². The summed E-state index contributed by atoms with van der Waals surface area (Å²) in [6.45, 7) is 0.765. The average Bonchev–Trinajstić information content (AvgIpc) is 2.53. The van der Waals surface area contributed by atoms with Crippen LogP contribution in [0.2, 0.25) is 0 Å². The molecule has 0 unspecified atom stereocenters. The van der Waals surface area contributed by atoms with Gasteiger partial charge in [-0.1, -0.05) is 0 Å². The van der Waals surface area contributed by atoms with Gasteiger partial charge in [0.1, 0.15) is 0 Å². The predicted octanol–water partition coefficient (Wildman–Crippen LogP) is 2.15. The summed E-state index contributed by atoms with van der Waals surface area (Å²) in [5.74, 6) is 0. The first-order valence-corrected chi connectivity index (χ1v) is 4.47. The molecule has 2 rings (SSSR count). The van der Waals surface area contributed by atoms with Gasteiger partial charge in [0.2, 0.25) is 0 Å². The molecular weight excluding hydrogens is 174 g/mol. The molecule has 64 valence electrons. The van der Waals surface area contributed by atoms with Gasteiger partial charge in [0.25, 0.3) is 0 Å². The van der Waals surface area contributed by atoms with Crippen molar-refractivity contribution >= 4 is 11.6 Å². The highest BCUT2D eigenvalue weighted by atomic mass is 35.5. The molecule has 1 saturated heterocycles. The minimum Gasteiger partial charge on any atom is -0.372 e. The van der Waals surface area contributed by atoms with E-state index in [1.165, 1.54) is 0 Å². The molecule has 2 nitrogen and oxygen atoms in total. The van der Waals surface area contributed by atoms with Crippen molar-refractivity contribution in [1.82, 2.24) is 4.98 Å². The molecule has 0 aliphatic carbocycles. The lowest BCUT2D eigenvalue weighted by atomic mass is 10.1. The van der Waals surface area contributed by atoms with E-state index >= 15 is 0 Å². The molecule has 1 aromatic rings. The van der Waals surface area contributed by atoms with Gasteiger partial charge in [0.15, 0.2) is 0 Å². The van der Waals surface area contributed by atoms with Gasteiger partial charge in [-0.15, -0.1) is 11.6 Å². The minimum atomic E-state index is 0.0645. The lowest BCUT2D eigenvalue weighted by Crippen LogP contribution is -2.06. The second kappa shape index (κ2) is 3.42. The highest BCUT2D eigenvalue weighted by molar-refractivity contribution is 6.21. The third-order valence-electron chi connectivity index (χ3n) is 2.05. The second-order valence-corrected chi connectivity index (χ2v) is 3.44. The van der Waals surface area contributed by atoms with Crippen molar-refractivity contribution in [2.75, 3.05) is 6.61 Å². The van der Waals surface area contributed by atoms with Gasteiger partial charge in [-0.05, 0) is 24.1 Å². The number of hydrogen-bond donors (Lipinski definition) is 0. The molecule has 0 N–H and O–H groups in total. The first-order chi connectivity index (χ1) is 5.88. The molecule has 0 radical (unpaired) electrons. The monoisotopic (exact) mass is 183 g/mol. The minimum absolute atomic E-state index is 0.0645. The second-order valence-electron chi connectivity index (χ2n) is 2.88. The molecular formula is C9H10ClNO. The molecule has 1 aliphatic rings. The Hall–Kier alpha value is -0.600. The molecule has 0 bridgehead atoms. The van der Waals surface area contributed by atoms with Crippen molar-refractivity contribution in [3.63, 3.8) is 0 Å². The maximum atomic E-state index is 6.07. The summed E-state index contributed by atoms with van der Waals surface area (Å²) in [5, 5.41) is 0.118. The summed E-state index contributed by atoms with van der Waals surface area (Å²) >= 11 is 6.07. The fraction of sp³-hybridized carbons (Fsp3) is 0.444. The molecule has 0 amide bonds. The van der Waals surface area contributed by atoms with Crippen molar-refractivity contribution in [2.24, 2.45) is 0 Å². The first-order valence-electron chi connectivity index (χ1n) is 4.03. The van der Waals surface area contributed by atoms with E-state index in [0.717, 1.165) is 18.6 Å². The van der Waals surface area contributed by atoms with Gasteiger partial charge < -0.3 is 4.74 Å². The van der Waals surface area contributed by atoms with Crippen molar-refractivity contribution < 1.29 is 4.74 Å². The molecule has 0 aromatic carbocycles. The number of aromatic nitrogens is 1. The topological polar surface area (TPSA) is 22.1 Å². The Bertz CT molecular complexity index is 252. The van der Waals surface area contributed by atoms with Crippen LogP contribution in [0.3, 0.4) is 0 Å². The van der Waals surface area contributed by atoms with Crippen LogP contribution >= 0.6 is 11.6 Å². The third kappa shape index (κ3) is 1.45. The Balaban J connectivity index is 2.19. The van der Waals surface area contributed by atoms with Crippen LogP contribution in [0.5, 0.6) is 0 Å². The number of alkyl halides is 1. The average molecular weight is 184 g/mol. The summed E-state index contributed by atoms with van der Waals surface area (Å²) < 4.78 is 5.49. The van der Waals surface area contributed by atoms with Crippen molar-refractivity contribution in [2.45, 2.75) is 17.9 Å². The van der Waals surface area contributed by atoms with Crippen LogP contribution < -0.4 is 0 Å². The highest BCUT2D eigenvalue weighted by Gasteiger charge is 2.27. The van der Waals surface area contributed by atoms with E-state index in [9.17, 15) is 0 Å². The molecule has 1 aliphatic heterocycles. The van der Waals surface area contributed by atoms with Crippen LogP contribution in [0.1, 0.15) is 18.1 Å². The Morgan fingerprint density at radius 3 is 2.75 bits per heavy atom.